The van der Waals surface area contributed by atoms with Crippen molar-refractivity contribution in [3.63, 3.8) is 0 Å². The number of rotatable bonds is 15. The molecular weight excluding hydrogens is 406 g/mol. The van der Waals surface area contributed by atoms with Gasteiger partial charge in [-0.3, -0.25) is 4.79 Å². The Morgan fingerprint density at radius 2 is 1.93 bits per heavy atom. The maximum Gasteiger partial charge on any atom is 0.230 e. The molecule has 1 unspecified atom stereocenters. The van der Waals surface area contributed by atoms with Crippen molar-refractivity contribution in [3.8, 4) is 0 Å². The van der Waals surface area contributed by atoms with Gasteiger partial charge in [-0.1, -0.05) is 49.4 Å². The first-order chi connectivity index (χ1) is 13.9. The van der Waals surface area contributed by atoms with Crippen LogP contribution in [0.5, 0.6) is 0 Å². The van der Waals surface area contributed by atoms with Crippen LogP contribution in [0.15, 0.2) is 36.5 Å². The minimum atomic E-state index is -0.0236. The number of carbonyl (C=O) groups is 1. The SMILES string of the molecule is C=CCN(CC=C)c1cc(Cl)nc(SCC(=O)NC(C)CCCN(CC)CC)n1. The Kier molecular flexibility index (Phi) is 12.7. The molecule has 0 aliphatic rings. The lowest BCUT2D eigenvalue weighted by Gasteiger charge is -2.21. The van der Waals surface area contributed by atoms with E-state index in [2.05, 4.69) is 47.2 Å². The molecule has 0 spiro atoms. The highest BCUT2D eigenvalue weighted by atomic mass is 35.5. The van der Waals surface area contributed by atoms with Crippen LogP contribution in [-0.2, 0) is 4.79 Å². The number of carbonyl (C=O) groups excluding carboxylic acids is 1. The molecule has 0 saturated carbocycles. The standard InChI is InChI=1S/C21H34ClN5OS/c1-6-12-27(13-7-2)19-15-18(22)24-21(25-19)29-16-20(28)23-17(5)11-10-14-26(8-3)9-4/h6-7,15,17H,1-2,8-14,16H2,3-5H3,(H,23,28). The average molecular weight is 440 g/mol. The quantitative estimate of drug-likeness (QED) is 0.193. The predicted octanol–water partition coefficient (Wildman–Crippen LogP) is 4.03. The Morgan fingerprint density at radius 3 is 2.52 bits per heavy atom. The molecule has 0 aliphatic carbocycles. The highest BCUT2D eigenvalue weighted by Crippen LogP contribution is 2.22. The molecule has 1 heterocycles. The van der Waals surface area contributed by atoms with E-state index in [1.165, 1.54) is 11.8 Å². The molecule has 0 aliphatic heterocycles. The van der Waals surface area contributed by atoms with Crippen molar-refractivity contribution in [1.29, 1.82) is 0 Å². The predicted molar refractivity (Wildman–Crippen MR) is 125 cm³/mol. The van der Waals surface area contributed by atoms with Crippen LogP contribution in [0.4, 0.5) is 5.82 Å². The van der Waals surface area contributed by atoms with Gasteiger partial charge in [0.05, 0.1) is 5.75 Å². The molecule has 29 heavy (non-hydrogen) atoms. The summed E-state index contributed by atoms with van der Waals surface area (Å²) in [6, 6.07) is 1.85. The minimum Gasteiger partial charge on any atom is -0.353 e. The molecule has 0 bridgehead atoms. The minimum absolute atomic E-state index is 0.0236. The van der Waals surface area contributed by atoms with Gasteiger partial charge in [0.15, 0.2) is 5.16 Å². The van der Waals surface area contributed by atoms with Crippen LogP contribution >= 0.6 is 23.4 Å². The zero-order valence-corrected chi connectivity index (χ0v) is 19.4. The number of hydrogen-bond acceptors (Lipinski definition) is 6. The molecule has 0 fully saturated rings. The first kappa shape index (κ1) is 25.5. The maximum absolute atomic E-state index is 12.3. The second-order valence-corrected chi connectivity index (χ2v) is 8.07. The molecular formula is C21H34ClN5OS. The van der Waals surface area contributed by atoms with Gasteiger partial charge in [0.25, 0.3) is 0 Å². The Bertz CT molecular complexity index is 644. The third-order valence-corrected chi connectivity index (χ3v) is 5.47. The Morgan fingerprint density at radius 1 is 1.28 bits per heavy atom. The van der Waals surface area contributed by atoms with Crippen LogP contribution in [0.25, 0.3) is 0 Å². The fourth-order valence-corrected chi connectivity index (χ4v) is 3.76. The fourth-order valence-electron chi connectivity index (χ4n) is 2.86. The Hall–Kier alpha value is -1.57. The maximum atomic E-state index is 12.3. The summed E-state index contributed by atoms with van der Waals surface area (Å²) >= 11 is 7.44. The van der Waals surface area contributed by atoms with E-state index in [-0.39, 0.29) is 17.7 Å². The van der Waals surface area contributed by atoms with E-state index in [1.54, 1.807) is 18.2 Å². The van der Waals surface area contributed by atoms with Gasteiger partial charge in [-0.25, -0.2) is 9.97 Å². The van der Waals surface area contributed by atoms with E-state index in [4.69, 9.17) is 11.6 Å². The molecule has 1 amide bonds. The summed E-state index contributed by atoms with van der Waals surface area (Å²) in [5.74, 6) is 0.922. The lowest BCUT2D eigenvalue weighted by Crippen LogP contribution is -2.34. The largest absolute Gasteiger partial charge is 0.353 e. The summed E-state index contributed by atoms with van der Waals surface area (Å²) in [7, 11) is 0. The molecule has 1 aromatic rings. The monoisotopic (exact) mass is 439 g/mol. The van der Waals surface area contributed by atoms with Crippen molar-refractivity contribution >= 4 is 35.1 Å². The van der Waals surface area contributed by atoms with Gasteiger partial charge in [-0.2, -0.15) is 0 Å². The lowest BCUT2D eigenvalue weighted by atomic mass is 10.2. The van der Waals surface area contributed by atoms with Gasteiger partial charge >= 0.3 is 0 Å². The third kappa shape index (κ3) is 10.1. The van der Waals surface area contributed by atoms with Crippen molar-refractivity contribution in [3.05, 3.63) is 36.5 Å². The van der Waals surface area contributed by atoms with Crippen LogP contribution in [0.3, 0.4) is 0 Å². The average Bonchev–Trinajstić information content (AvgIpc) is 2.69. The smallest absolute Gasteiger partial charge is 0.230 e. The lowest BCUT2D eigenvalue weighted by molar-refractivity contribution is -0.119. The zero-order chi connectivity index (χ0) is 21.6. The number of halogens is 1. The molecule has 0 saturated heterocycles. The van der Waals surface area contributed by atoms with Crippen molar-refractivity contribution < 1.29 is 4.79 Å². The molecule has 6 nitrogen and oxygen atoms in total. The van der Waals surface area contributed by atoms with E-state index in [0.717, 1.165) is 32.5 Å². The fraction of sp³-hybridized carbons (Fsp3) is 0.571. The number of thioether (sulfide) groups is 1. The summed E-state index contributed by atoms with van der Waals surface area (Å²) in [6.45, 7) is 18.3. The third-order valence-electron chi connectivity index (χ3n) is 4.43. The number of amides is 1. The summed E-state index contributed by atoms with van der Waals surface area (Å²) in [4.78, 5) is 25.4. The van der Waals surface area contributed by atoms with Crippen LogP contribution in [0.2, 0.25) is 5.15 Å². The zero-order valence-electron chi connectivity index (χ0n) is 17.9. The molecule has 1 aromatic heterocycles. The molecule has 8 heteroatoms. The van der Waals surface area contributed by atoms with Gasteiger partial charge in [0.2, 0.25) is 5.91 Å². The Labute approximate surface area is 184 Å². The number of nitrogens with one attached hydrogen (secondary N) is 1. The first-order valence-corrected chi connectivity index (χ1v) is 11.5. The van der Waals surface area contributed by atoms with E-state index < -0.39 is 0 Å². The van der Waals surface area contributed by atoms with Crippen LogP contribution in [-0.4, -0.2) is 65.3 Å². The molecule has 1 atom stereocenters. The summed E-state index contributed by atoms with van der Waals surface area (Å²) in [6.07, 6.45) is 5.62. The number of hydrogen-bond donors (Lipinski definition) is 1. The molecule has 0 radical (unpaired) electrons. The molecule has 0 aromatic carbocycles. The highest BCUT2D eigenvalue weighted by molar-refractivity contribution is 7.99. The van der Waals surface area contributed by atoms with E-state index in [1.807, 2.05) is 11.8 Å². The second kappa shape index (κ2) is 14.4. The molecule has 1 rings (SSSR count). The van der Waals surface area contributed by atoms with Gasteiger partial charge in [0.1, 0.15) is 11.0 Å². The topological polar surface area (TPSA) is 61.4 Å². The van der Waals surface area contributed by atoms with Crippen molar-refractivity contribution in [2.75, 3.05) is 43.4 Å². The second-order valence-electron chi connectivity index (χ2n) is 6.74. The van der Waals surface area contributed by atoms with Crippen LogP contribution in [0.1, 0.15) is 33.6 Å². The van der Waals surface area contributed by atoms with Crippen molar-refractivity contribution in [2.45, 2.75) is 44.8 Å². The van der Waals surface area contributed by atoms with E-state index >= 15 is 0 Å². The first-order valence-electron chi connectivity index (χ1n) is 10.1. The summed E-state index contributed by atoms with van der Waals surface area (Å²) in [5.41, 5.74) is 0. The van der Waals surface area contributed by atoms with Gasteiger partial charge < -0.3 is 15.1 Å². The number of anilines is 1. The molecule has 162 valence electrons. The number of nitrogens with zero attached hydrogens (tertiary/aromatic N) is 4. The van der Waals surface area contributed by atoms with Crippen molar-refractivity contribution in [1.82, 2.24) is 20.2 Å². The van der Waals surface area contributed by atoms with Crippen LogP contribution in [0, 0.1) is 0 Å². The molecule has 1 N–H and O–H groups in total. The normalized spacial score (nSPS) is 11.9. The van der Waals surface area contributed by atoms with E-state index in [0.29, 0.717) is 29.2 Å². The highest BCUT2D eigenvalue weighted by Gasteiger charge is 2.13. The summed E-state index contributed by atoms with van der Waals surface area (Å²) in [5, 5.41) is 3.88. The van der Waals surface area contributed by atoms with Crippen LogP contribution < -0.4 is 10.2 Å². The Balaban J connectivity index is 2.54. The van der Waals surface area contributed by atoms with E-state index in [9.17, 15) is 4.79 Å². The van der Waals surface area contributed by atoms with Gasteiger partial charge in [-0.15, -0.1) is 13.2 Å². The van der Waals surface area contributed by atoms with Gasteiger partial charge in [-0.05, 0) is 39.4 Å². The number of aromatic nitrogens is 2. The van der Waals surface area contributed by atoms with Gasteiger partial charge in [0, 0.05) is 25.2 Å². The summed E-state index contributed by atoms with van der Waals surface area (Å²) < 4.78 is 0. The van der Waals surface area contributed by atoms with Crippen molar-refractivity contribution in [2.24, 2.45) is 0 Å².